The number of nitrogens with zero attached hydrogens (tertiary/aromatic N) is 1. The minimum atomic E-state index is -0.921. The number of aryl methyl sites for hydroxylation is 2. The summed E-state index contributed by atoms with van der Waals surface area (Å²) < 4.78 is 5.39. The molecular formula is C29H47N3O4S. The summed E-state index contributed by atoms with van der Waals surface area (Å²) >= 11 is 4.37. The summed E-state index contributed by atoms with van der Waals surface area (Å²) in [6.45, 7) is 11.8. The third-order valence-electron chi connectivity index (χ3n) is 6.53. The molecule has 0 saturated heterocycles. The molecule has 1 saturated carbocycles. The maximum absolute atomic E-state index is 14.0. The molecule has 2 atom stereocenters. The molecular weight excluding hydrogens is 486 g/mol. The molecule has 7 nitrogen and oxygen atoms in total. The molecule has 0 heterocycles. The lowest BCUT2D eigenvalue weighted by Gasteiger charge is -2.35. The molecule has 0 aliphatic heterocycles. The number of carbonyl (C=O) groups is 3. The van der Waals surface area contributed by atoms with Crippen molar-refractivity contribution < 1.29 is 19.1 Å². The molecule has 1 aliphatic carbocycles. The average Bonchev–Trinajstić information content (AvgIpc) is 2.80. The van der Waals surface area contributed by atoms with Crippen LogP contribution in [0, 0.1) is 13.8 Å². The van der Waals surface area contributed by atoms with Crippen LogP contribution in [-0.4, -0.2) is 52.8 Å². The molecule has 2 unspecified atom stereocenters. The monoisotopic (exact) mass is 533 g/mol. The maximum Gasteiger partial charge on any atom is 0.408 e. The number of benzene rings is 1. The van der Waals surface area contributed by atoms with Gasteiger partial charge in [0, 0.05) is 18.3 Å². The Balaban J connectivity index is 2.44. The first kappa shape index (κ1) is 31.0. The van der Waals surface area contributed by atoms with Crippen molar-refractivity contribution in [1.29, 1.82) is 0 Å². The second-order valence-electron chi connectivity index (χ2n) is 11.3. The van der Waals surface area contributed by atoms with E-state index in [1.54, 1.807) is 25.7 Å². The standard InChI is InChI=1S/C29H47N3O4S/c1-7-8-12-15-32(27(34)24(19-37)31-28(35)36-29(4,5)6)25(22-17-20(2)16-21(3)18-22)26(33)30-23-13-10-9-11-14-23/h16-18,23-25,37H,7-15,19H2,1-6H3,(H,30,33)(H,31,35). The fourth-order valence-corrected chi connectivity index (χ4v) is 5.15. The van der Waals surface area contributed by atoms with Gasteiger partial charge in [0.2, 0.25) is 11.8 Å². The van der Waals surface area contributed by atoms with E-state index in [2.05, 4.69) is 36.3 Å². The number of alkyl carbamates (subject to hydrolysis) is 1. The van der Waals surface area contributed by atoms with Crippen LogP contribution in [0.2, 0.25) is 0 Å². The van der Waals surface area contributed by atoms with Gasteiger partial charge in [0.1, 0.15) is 17.7 Å². The van der Waals surface area contributed by atoms with Crippen LogP contribution < -0.4 is 10.6 Å². The molecule has 3 amide bonds. The van der Waals surface area contributed by atoms with Crippen molar-refractivity contribution in [3.05, 3.63) is 34.9 Å². The number of thiol groups is 1. The smallest absolute Gasteiger partial charge is 0.408 e. The number of ether oxygens (including phenoxy) is 1. The molecule has 2 N–H and O–H groups in total. The van der Waals surface area contributed by atoms with Crippen LogP contribution in [0.3, 0.4) is 0 Å². The number of nitrogens with one attached hydrogen (secondary N) is 2. The minimum absolute atomic E-state index is 0.0894. The maximum atomic E-state index is 14.0. The lowest BCUT2D eigenvalue weighted by atomic mass is 9.94. The molecule has 1 aromatic carbocycles. The van der Waals surface area contributed by atoms with Crippen LogP contribution in [0.5, 0.6) is 0 Å². The van der Waals surface area contributed by atoms with Crippen LogP contribution in [0.15, 0.2) is 18.2 Å². The fourth-order valence-electron chi connectivity index (χ4n) is 4.90. The van der Waals surface area contributed by atoms with E-state index in [4.69, 9.17) is 4.74 Å². The van der Waals surface area contributed by atoms with Gasteiger partial charge in [-0.3, -0.25) is 9.59 Å². The van der Waals surface area contributed by atoms with Crippen molar-refractivity contribution in [2.75, 3.05) is 12.3 Å². The summed E-state index contributed by atoms with van der Waals surface area (Å²) in [4.78, 5) is 42.0. The van der Waals surface area contributed by atoms with Crippen molar-refractivity contribution >= 4 is 30.5 Å². The predicted molar refractivity (Wildman–Crippen MR) is 152 cm³/mol. The molecule has 1 aromatic rings. The Morgan fingerprint density at radius 3 is 2.22 bits per heavy atom. The van der Waals surface area contributed by atoms with Gasteiger partial charge >= 0.3 is 6.09 Å². The van der Waals surface area contributed by atoms with Crippen LogP contribution in [0.1, 0.15) is 102 Å². The number of rotatable bonds is 11. The average molecular weight is 534 g/mol. The first-order chi connectivity index (χ1) is 17.4. The highest BCUT2D eigenvalue weighted by Gasteiger charge is 2.36. The van der Waals surface area contributed by atoms with Crippen molar-refractivity contribution in [3.8, 4) is 0 Å². The van der Waals surface area contributed by atoms with Gasteiger partial charge in [-0.2, -0.15) is 12.6 Å². The zero-order valence-electron chi connectivity index (χ0n) is 23.6. The van der Waals surface area contributed by atoms with E-state index in [1.807, 2.05) is 26.0 Å². The molecule has 1 fully saturated rings. The molecule has 208 valence electrons. The van der Waals surface area contributed by atoms with Gasteiger partial charge in [-0.25, -0.2) is 4.79 Å². The summed E-state index contributed by atoms with van der Waals surface area (Å²) in [5, 5.41) is 5.93. The van der Waals surface area contributed by atoms with Gasteiger partial charge in [-0.1, -0.05) is 68.4 Å². The third-order valence-corrected chi connectivity index (χ3v) is 6.89. The number of amides is 3. The minimum Gasteiger partial charge on any atom is -0.444 e. The lowest BCUT2D eigenvalue weighted by molar-refractivity contribution is -0.142. The molecule has 0 bridgehead atoms. The Morgan fingerprint density at radius 1 is 1.05 bits per heavy atom. The van der Waals surface area contributed by atoms with Gasteiger partial charge in [0.25, 0.3) is 0 Å². The van der Waals surface area contributed by atoms with Crippen molar-refractivity contribution in [2.45, 2.75) is 117 Å². The lowest BCUT2D eigenvalue weighted by Crippen LogP contribution is -2.54. The third kappa shape index (κ3) is 10.2. The van der Waals surface area contributed by atoms with Gasteiger partial charge < -0.3 is 20.3 Å². The number of hydrogen-bond acceptors (Lipinski definition) is 5. The number of carbonyl (C=O) groups excluding carboxylic acids is 3. The van der Waals surface area contributed by atoms with E-state index < -0.39 is 23.8 Å². The zero-order valence-corrected chi connectivity index (χ0v) is 24.5. The van der Waals surface area contributed by atoms with Gasteiger partial charge in [-0.05, 0) is 59.4 Å². The van der Waals surface area contributed by atoms with Crippen molar-refractivity contribution in [1.82, 2.24) is 15.5 Å². The molecule has 2 rings (SSSR count). The predicted octanol–water partition coefficient (Wildman–Crippen LogP) is 5.64. The van der Waals surface area contributed by atoms with E-state index in [0.717, 1.165) is 61.6 Å². The van der Waals surface area contributed by atoms with Gasteiger partial charge in [0.15, 0.2) is 0 Å². The number of unbranched alkanes of at least 4 members (excludes halogenated alkanes) is 2. The van der Waals surface area contributed by atoms with Crippen LogP contribution in [0.25, 0.3) is 0 Å². The van der Waals surface area contributed by atoms with Crippen LogP contribution in [0.4, 0.5) is 4.79 Å². The summed E-state index contributed by atoms with van der Waals surface area (Å²) in [6, 6.07) is 4.42. The van der Waals surface area contributed by atoms with Crippen molar-refractivity contribution in [2.24, 2.45) is 0 Å². The van der Waals surface area contributed by atoms with E-state index in [9.17, 15) is 14.4 Å². The molecule has 37 heavy (non-hydrogen) atoms. The second kappa shape index (κ2) is 14.6. The Morgan fingerprint density at radius 2 is 1.68 bits per heavy atom. The molecule has 8 heteroatoms. The first-order valence-electron chi connectivity index (χ1n) is 13.7. The van der Waals surface area contributed by atoms with Crippen LogP contribution in [-0.2, 0) is 14.3 Å². The van der Waals surface area contributed by atoms with Gasteiger partial charge in [-0.15, -0.1) is 0 Å². The van der Waals surface area contributed by atoms with E-state index in [0.29, 0.717) is 6.54 Å². The second-order valence-corrected chi connectivity index (χ2v) is 11.7. The van der Waals surface area contributed by atoms with E-state index in [-0.39, 0.29) is 23.6 Å². The fraction of sp³-hybridized carbons (Fsp3) is 0.690. The van der Waals surface area contributed by atoms with E-state index in [1.165, 1.54) is 6.42 Å². The normalized spacial score (nSPS) is 16.0. The first-order valence-corrected chi connectivity index (χ1v) is 14.4. The molecule has 0 spiro atoms. The largest absolute Gasteiger partial charge is 0.444 e. The summed E-state index contributed by atoms with van der Waals surface area (Å²) in [6.07, 6.45) is 7.28. The Kier molecular flexibility index (Phi) is 12.3. The Bertz CT molecular complexity index is 889. The topological polar surface area (TPSA) is 87.7 Å². The summed E-state index contributed by atoms with van der Waals surface area (Å²) in [5.74, 6) is -0.413. The Hall–Kier alpha value is -2.22. The summed E-state index contributed by atoms with van der Waals surface area (Å²) in [5.41, 5.74) is 2.15. The highest BCUT2D eigenvalue weighted by molar-refractivity contribution is 7.80. The quantitative estimate of drug-likeness (QED) is 0.254. The highest BCUT2D eigenvalue weighted by atomic mass is 32.1. The molecule has 1 aliphatic rings. The van der Waals surface area contributed by atoms with Gasteiger partial charge in [0.05, 0.1) is 0 Å². The zero-order chi connectivity index (χ0) is 27.6. The summed E-state index contributed by atoms with van der Waals surface area (Å²) in [7, 11) is 0. The molecule has 0 radical (unpaired) electrons. The van der Waals surface area contributed by atoms with Crippen molar-refractivity contribution in [3.63, 3.8) is 0 Å². The van der Waals surface area contributed by atoms with E-state index >= 15 is 0 Å². The number of hydrogen-bond donors (Lipinski definition) is 3. The molecule has 0 aromatic heterocycles. The highest BCUT2D eigenvalue weighted by Crippen LogP contribution is 2.27. The SMILES string of the molecule is CCCCCN(C(=O)C(CS)NC(=O)OC(C)(C)C)C(C(=O)NC1CCCCC1)c1cc(C)cc(C)c1. The Labute approximate surface area is 228 Å². The van der Waals surface area contributed by atoms with Crippen LogP contribution >= 0.6 is 12.6 Å².